The van der Waals surface area contributed by atoms with Gasteiger partial charge in [0.15, 0.2) is 0 Å². The van der Waals surface area contributed by atoms with Gasteiger partial charge in [-0.05, 0) is 42.0 Å². The Bertz CT molecular complexity index is 1220. The van der Waals surface area contributed by atoms with Crippen molar-refractivity contribution < 1.29 is 33.0 Å². The molecule has 5 N–H and O–H groups in total. The number of benzene rings is 2. The van der Waals surface area contributed by atoms with Crippen molar-refractivity contribution in [2.24, 2.45) is 11.7 Å². The molecule has 0 radical (unpaired) electrons. The third-order valence-electron chi connectivity index (χ3n) is 6.94. The van der Waals surface area contributed by atoms with Crippen LogP contribution < -0.4 is 11.1 Å². The van der Waals surface area contributed by atoms with Gasteiger partial charge in [-0.25, -0.2) is 8.42 Å². The summed E-state index contributed by atoms with van der Waals surface area (Å²) in [4.78, 5) is 26.6. The molecule has 41 heavy (non-hydrogen) atoms. The van der Waals surface area contributed by atoms with Gasteiger partial charge >= 0.3 is 0 Å². The van der Waals surface area contributed by atoms with Crippen molar-refractivity contribution >= 4 is 21.8 Å². The molecule has 2 aromatic rings. The second-order valence-corrected chi connectivity index (χ2v) is 12.8. The highest BCUT2D eigenvalue weighted by molar-refractivity contribution is 7.89. The molecule has 2 aromatic carbocycles. The van der Waals surface area contributed by atoms with Gasteiger partial charge in [-0.15, -0.1) is 0 Å². The van der Waals surface area contributed by atoms with Crippen LogP contribution in [0.5, 0.6) is 0 Å². The second kappa shape index (κ2) is 15.4. The maximum absolute atomic E-state index is 13.6. The summed E-state index contributed by atoms with van der Waals surface area (Å²) in [7, 11) is -3.99. The third kappa shape index (κ3) is 9.87. The molecule has 3 rings (SSSR count). The monoisotopic (exact) mass is 590 g/mol. The predicted octanol–water partition coefficient (Wildman–Crippen LogP) is 0.490. The standard InChI is InChI=1S/C29H42N4O7S/c1-21(2)15-33(41(38,39)25-10-8-23(19-34)9-11-25)16-27(35)26(14-22-6-4-3-5-7-22)31-29(37)18-32(17-28(30)36)24-12-13-40-20-24/h3-11,21,24,26-27,34-35H,12-20H2,1-2H3,(H2,30,36)(H,31,37)/t24-,26-,27+/m0/s1. The predicted molar refractivity (Wildman–Crippen MR) is 154 cm³/mol. The van der Waals surface area contributed by atoms with Gasteiger partial charge in [-0.2, -0.15) is 4.31 Å². The minimum atomic E-state index is -3.99. The molecule has 3 atom stereocenters. The number of primary amides is 1. The molecule has 226 valence electrons. The van der Waals surface area contributed by atoms with Crippen LogP contribution in [0.2, 0.25) is 0 Å². The molecule has 1 heterocycles. The number of carbonyl (C=O) groups is 2. The van der Waals surface area contributed by atoms with Gasteiger partial charge in [-0.3, -0.25) is 14.5 Å². The van der Waals surface area contributed by atoms with E-state index < -0.39 is 34.0 Å². The van der Waals surface area contributed by atoms with E-state index in [4.69, 9.17) is 10.5 Å². The lowest BCUT2D eigenvalue weighted by molar-refractivity contribution is -0.126. The van der Waals surface area contributed by atoms with Crippen LogP contribution in [-0.2, 0) is 37.4 Å². The highest BCUT2D eigenvalue weighted by atomic mass is 32.2. The lowest BCUT2D eigenvalue weighted by Crippen LogP contribution is -2.54. The van der Waals surface area contributed by atoms with Crippen LogP contribution in [0.3, 0.4) is 0 Å². The molecule has 1 aliphatic heterocycles. The van der Waals surface area contributed by atoms with E-state index in [1.54, 1.807) is 17.0 Å². The molecule has 1 fully saturated rings. The molecule has 0 bridgehead atoms. The zero-order valence-electron chi connectivity index (χ0n) is 23.7. The SMILES string of the molecule is CC(C)CN(C[C@@H](O)[C@H](Cc1ccccc1)NC(=O)CN(CC(N)=O)[C@H]1CCOC1)S(=O)(=O)c1ccc(CO)cc1. The highest BCUT2D eigenvalue weighted by Crippen LogP contribution is 2.20. The van der Waals surface area contributed by atoms with Crippen LogP contribution in [-0.4, -0.2) is 97.2 Å². The number of nitrogens with zero attached hydrogens (tertiary/aromatic N) is 2. The number of hydrogen-bond acceptors (Lipinski definition) is 8. The molecule has 1 aliphatic rings. The first-order valence-electron chi connectivity index (χ1n) is 13.8. The number of carbonyl (C=O) groups excluding carboxylic acids is 2. The molecule has 2 amide bonds. The van der Waals surface area contributed by atoms with Gasteiger partial charge < -0.3 is 26.0 Å². The van der Waals surface area contributed by atoms with E-state index in [-0.39, 0.29) is 56.1 Å². The smallest absolute Gasteiger partial charge is 0.243 e. The zero-order valence-corrected chi connectivity index (χ0v) is 24.5. The molecule has 0 unspecified atom stereocenters. The first-order valence-corrected chi connectivity index (χ1v) is 15.2. The fourth-order valence-corrected chi connectivity index (χ4v) is 6.46. The number of sulfonamides is 1. The number of hydrogen-bond donors (Lipinski definition) is 4. The zero-order chi connectivity index (χ0) is 30.0. The van der Waals surface area contributed by atoms with Gasteiger partial charge in [-0.1, -0.05) is 56.3 Å². The van der Waals surface area contributed by atoms with Crippen LogP contribution in [0, 0.1) is 5.92 Å². The van der Waals surface area contributed by atoms with Crippen molar-refractivity contribution in [2.45, 2.75) is 56.4 Å². The second-order valence-electron chi connectivity index (χ2n) is 10.8. The number of rotatable bonds is 16. The fraction of sp³-hybridized carbons (Fsp3) is 0.517. The number of amides is 2. The van der Waals surface area contributed by atoms with Crippen molar-refractivity contribution in [1.29, 1.82) is 0 Å². The van der Waals surface area contributed by atoms with Gasteiger partial charge in [0, 0.05) is 25.7 Å². The number of nitrogens with one attached hydrogen (secondary N) is 1. The summed E-state index contributed by atoms with van der Waals surface area (Å²) in [5.41, 5.74) is 6.86. The van der Waals surface area contributed by atoms with Crippen molar-refractivity contribution in [3.05, 3.63) is 65.7 Å². The van der Waals surface area contributed by atoms with Crippen LogP contribution >= 0.6 is 0 Å². The average molecular weight is 591 g/mol. The largest absolute Gasteiger partial charge is 0.392 e. The van der Waals surface area contributed by atoms with Crippen molar-refractivity contribution in [3.63, 3.8) is 0 Å². The van der Waals surface area contributed by atoms with E-state index in [0.717, 1.165) is 5.56 Å². The van der Waals surface area contributed by atoms with E-state index in [2.05, 4.69) is 5.32 Å². The van der Waals surface area contributed by atoms with Crippen molar-refractivity contribution in [3.8, 4) is 0 Å². The van der Waals surface area contributed by atoms with E-state index in [1.165, 1.54) is 16.4 Å². The van der Waals surface area contributed by atoms with Crippen molar-refractivity contribution in [1.82, 2.24) is 14.5 Å². The van der Waals surface area contributed by atoms with Crippen molar-refractivity contribution in [2.75, 3.05) is 39.4 Å². The Kier molecular flexibility index (Phi) is 12.2. The Morgan fingerprint density at radius 1 is 1.05 bits per heavy atom. The molecular weight excluding hydrogens is 548 g/mol. The van der Waals surface area contributed by atoms with Gasteiger partial charge in [0.05, 0.1) is 43.3 Å². The van der Waals surface area contributed by atoms with E-state index in [1.807, 2.05) is 44.2 Å². The summed E-state index contributed by atoms with van der Waals surface area (Å²) in [5.74, 6) is -1.02. The third-order valence-corrected chi connectivity index (χ3v) is 8.79. The molecular formula is C29H42N4O7S. The summed E-state index contributed by atoms with van der Waals surface area (Å²) >= 11 is 0. The minimum absolute atomic E-state index is 0.0353. The van der Waals surface area contributed by atoms with Crippen LogP contribution in [0.4, 0.5) is 0 Å². The molecule has 12 heteroatoms. The summed E-state index contributed by atoms with van der Waals surface area (Å²) in [6.07, 6.45) is -0.321. The number of nitrogens with two attached hydrogens (primary N) is 1. The Hall–Kier alpha value is -2.87. The molecule has 0 aliphatic carbocycles. The number of aliphatic hydroxyl groups is 2. The summed E-state index contributed by atoms with van der Waals surface area (Å²) < 4.78 is 33.9. The Morgan fingerprint density at radius 3 is 2.29 bits per heavy atom. The summed E-state index contributed by atoms with van der Waals surface area (Å²) in [6.45, 7) is 4.14. The van der Waals surface area contributed by atoms with Gasteiger partial charge in [0.25, 0.3) is 0 Å². The molecule has 11 nitrogen and oxygen atoms in total. The normalized spacial score (nSPS) is 17.2. The summed E-state index contributed by atoms with van der Waals surface area (Å²) in [6, 6.07) is 14.3. The summed E-state index contributed by atoms with van der Waals surface area (Å²) in [5, 5.41) is 23.6. The first kappa shape index (κ1) is 32.6. The highest BCUT2D eigenvalue weighted by Gasteiger charge is 2.32. The first-order chi connectivity index (χ1) is 19.5. The maximum atomic E-state index is 13.6. The lowest BCUT2D eigenvalue weighted by Gasteiger charge is -2.32. The fourth-order valence-electron chi connectivity index (χ4n) is 4.84. The molecule has 0 saturated carbocycles. The Labute approximate surface area is 242 Å². The average Bonchev–Trinajstić information content (AvgIpc) is 3.47. The van der Waals surface area contributed by atoms with Crippen LogP contribution in [0.1, 0.15) is 31.4 Å². The lowest BCUT2D eigenvalue weighted by atomic mass is 10.0. The van der Waals surface area contributed by atoms with E-state index in [9.17, 15) is 28.2 Å². The molecule has 0 aromatic heterocycles. The van der Waals surface area contributed by atoms with Gasteiger partial charge in [0.1, 0.15) is 0 Å². The van der Waals surface area contributed by atoms with Crippen LogP contribution in [0.25, 0.3) is 0 Å². The number of ether oxygens (including phenoxy) is 1. The minimum Gasteiger partial charge on any atom is -0.392 e. The maximum Gasteiger partial charge on any atom is 0.243 e. The van der Waals surface area contributed by atoms with E-state index in [0.29, 0.717) is 25.2 Å². The Balaban J connectivity index is 1.82. The van der Waals surface area contributed by atoms with Gasteiger partial charge in [0.2, 0.25) is 21.8 Å². The van der Waals surface area contributed by atoms with E-state index >= 15 is 0 Å². The molecule has 0 spiro atoms. The molecule has 1 saturated heterocycles. The topological polar surface area (TPSA) is 162 Å². The quantitative estimate of drug-likeness (QED) is 0.220. The van der Waals surface area contributed by atoms with Crippen LogP contribution in [0.15, 0.2) is 59.5 Å². The number of aliphatic hydroxyl groups excluding tert-OH is 2. The Morgan fingerprint density at radius 2 is 1.73 bits per heavy atom.